The average molecular weight is 265 g/mol. The third kappa shape index (κ3) is 2.15. The molecule has 1 aromatic heterocycles. The molecule has 19 heavy (non-hydrogen) atoms. The number of rotatable bonds is 2. The molecule has 0 bridgehead atoms. The molecule has 0 aromatic carbocycles. The molecule has 3 heterocycles. The lowest BCUT2D eigenvalue weighted by Crippen LogP contribution is -2.29. The van der Waals surface area contributed by atoms with E-state index >= 15 is 0 Å². The van der Waals surface area contributed by atoms with Crippen LogP contribution in [0.15, 0.2) is 0 Å². The summed E-state index contributed by atoms with van der Waals surface area (Å²) in [5.74, 6) is 0.0278. The molecule has 6 nitrogen and oxygen atoms in total. The molecule has 1 fully saturated rings. The quantitative estimate of drug-likeness (QED) is 0.738. The van der Waals surface area contributed by atoms with Gasteiger partial charge in [-0.2, -0.15) is 0 Å². The molecule has 1 saturated heterocycles. The number of aromatic carboxylic acids is 1. The van der Waals surface area contributed by atoms with Crippen molar-refractivity contribution in [2.75, 3.05) is 13.1 Å². The van der Waals surface area contributed by atoms with E-state index < -0.39 is 12.2 Å². The second-order valence-corrected chi connectivity index (χ2v) is 5.34. The van der Waals surface area contributed by atoms with E-state index in [0.29, 0.717) is 18.5 Å². The number of aliphatic hydroxyl groups is 1. The summed E-state index contributed by atoms with van der Waals surface area (Å²) >= 11 is 0. The predicted octanol–water partition coefficient (Wildman–Crippen LogP) is 0.875. The number of carboxylic acids is 1. The molecule has 0 radical (unpaired) electrons. The average Bonchev–Trinajstić information content (AvgIpc) is 2.81. The van der Waals surface area contributed by atoms with E-state index in [9.17, 15) is 15.0 Å². The molecule has 1 aromatic rings. The van der Waals surface area contributed by atoms with Crippen molar-refractivity contribution in [3.05, 3.63) is 17.2 Å². The minimum absolute atomic E-state index is 0.132. The summed E-state index contributed by atoms with van der Waals surface area (Å²) in [7, 11) is 0. The zero-order chi connectivity index (χ0) is 13.4. The van der Waals surface area contributed by atoms with E-state index in [1.54, 1.807) is 4.57 Å². The molecule has 2 aliphatic rings. The van der Waals surface area contributed by atoms with Gasteiger partial charge in [0.1, 0.15) is 12.1 Å². The number of piperidine rings is 1. The lowest BCUT2D eigenvalue weighted by molar-refractivity contribution is 0.0672. The number of carboxylic acid groups (broad SMARTS) is 1. The Balaban J connectivity index is 2.05. The number of aliphatic hydroxyl groups excluding tert-OH is 1. The maximum Gasteiger partial charge on any atom is 0.356 e. The number of hydrogen-bond acceptors (Lipinski definition) is 4. The van der Waals surface area contributed by atoms with Crippen molar-refractivity contribution in [2.45, 2.75) is 44.2 Å². The van der Waals surface area contributed by atoms with Gasteiger partial charge in [0.25, 0.3) is 0 Å². The highest BCUT2D eigenvalue weighted by Crippen LogP contribution is 2.33. The first-order valence-corrected chi connectivity index (χ1v) is 6.91. The van der Waals surface area contributed by atoms with Crippen molar-refractivity contribution in [3.8, 4) is 0 Å². The Hall–Kier alpha value is -1.40. The Morgan fingerprint density at radius 3 is 2.74 bits per heavy atom. The molecule has 104 valence electrons. The van der Waals surface area contributed by atoms with Crippen LogP contribution in [-0.2, 0) is 6.42 Å². The van der Waals surface area contributed by atoms with Crippen molar-refractivity contribution >= 4 is 5.97 Å². The fourth-order valence-corrected chi connectivity index (χ4v) is 3.18. The van der Waals surface area contributed by atoms with Gasteiger partial charge in [-0.05, 0) is 45.2 Å². The number of fused-ring (bicyclic) bond motifs is 1. The number of carbonyl (C=O) groups is 1. The molecule has 6 heteroatoms. The van der Waals surface area contributed by atoms with E-state index in [-0.39, 0.29) is 11.6 Å². The van der Waals surface area contributed by atoms with Crippen molar-refractivity contribution in [3.63, 3.8) is 0 Å². The van der Waals surface area contributed by atoms with Gasteiger partial charge in [-0.15, -0.1) is 0 Å². The van der Waals surface area contributed by atoms with Gasteiger partial charge in [-0.1, -0.05) is 0 Å². The van der Waals surface area contributed by atoms with E-state index in [0.717, 1.165) is 38.2 Å². The molecule has 0 aliphatic carbocycles. The Morgan fingerprint density at radius 2 is 2.05 bits per heavy atom. The Bertz CT molecular complexity index is 492. The highest BCUT2D eigenvalue weighted by molar-refractivity contribution is 5.87. The molecule has 0 amide bonds. The third-order valence-corrected chi connectivity index (χ3v) is 4.12. The molecule has 1 atom stereocenters. The van der Waals surface area contributed by atoms with Gasteiger partial charge in [-0.25, -0.2) is 9.78 Å². The van der Waals surface area contributed by atoms with Gasteiger partial charge in [0.15, 0.2) is 5.69 Å². The predicted molar refractivity (Wildman–Crippen MR) is 68.2 cm³/mol. The summed E-state index contributed by atoms with van der Waals surface area (Å²) in [5.41, 5.74) is 0.826. The van der Waals surface area contributed by atoms with Crippen LogP contribution < -0.4 is 5.32 Å². The third-order valence-electron chi connectivity index (χ3n) is 4.12. The highest BCUT2D eigenvalue weighted by atomic mass is 16.4. The van der Waals surface area contributed by atoms with Crippen molar-refractivity contribution in [2.24, 2.45) is 0 Å². The van der Waals surface area contributed by atoms with Crippen LogP contribution in [0.1, 0.15) is 59.8 Å². The van der Waals surface area contributed by atoms with Gasteiger partial charge in [0, 0.05) is 5.92 Å². The Labute approximate surface area is 111 Å². The molecular formula is C13H19N3O3. The second kappa shape index (κ2) is 4.94. The van der Waals surface area contributed by atoms with Gasteiger partial charge in [0.05, 0.1) is 5.69 Å². The Kier molecular flexibility index (Phi) is 3.28. The summed E-state index contributed by atoms with van der Waals surface area (Å²) in [6, 6.07) is 0. The van der Waals surface area contributed by atoms with E-state index in [1.165, 1.54) is 0 Å². The van der Waals surface area contributed by atoms with Crippen LogP contribution in [0.2, 0.25) is 0 Å². The minimum Gasteiger partial charge on any atom is -0.476 e. The normalized spacial score (nSPS) is 24.2. The molecule has 3 rings (SSSR count). The fraction of sp³-hybridized carbons (Fsp3) is 0.692. The second-order valence-electron chi connectivity index (χ2n) is 5.34. The van der Waals surface area contributed by atoms with E-state index in [2.05, 4.69) is 10.3 Å². The topological polar surface area (TPSA) is 87.4 Å². The van der Waals surface area contributed by atoms with Gasteiger partial charge < -0.3 is 20.1 Å². The van der Waals surface area contributed by atoms with E-state index in [4.69, 9.17) is 0 Å². The maximum atomic E-state index is 11.3. The van der Waals surface area contributed by atoms with Crippen LogP contribution in [0.5, 0.6) is 0 Å². The number of aromatic nitrogens is 2. The number of nitrogens with one attached hydrogen (secondary N) is 1. The van der Waals surface area contributed by atoms with Crippen LogP contribution in [0.4, 0.5) is 0 Å². The van der Waals surface area contributed by atoms with Crippen LogP contribution >= 0.6 is 0 Å². The van der Waals surface area contributed by atoms with Gasteiger partial charge in [-0.3, -0.25) is 0 Å². The first-order valence-electron chi connectivity index (χ1n) is 6.91. The standard InChI is InChI=1S/C13H19N3O3/c17-10-3-1-2-9-11(13(18)19)15-12(16(9)10)8-4-6-14-7-5-8/h8,10,14,17H,1-7H2,(H,18,19). The molecule has 3 N–H and O–H groups in total. The molecule has 2 aliphatic heterocycles. The van der Waals surface area contributed by atoms with Crippen LogP contribution in [0.25, 0.3) is 0 Å². The van der Waals surface area contributed by atoms with Crippen molar-refractivity contribution < 1.29 is 15.0 Å². The summed E-state index contributed by atoms with van der Waals surface area (Å²) in [6.45, 7) is 1.84. The van der Waals surface area contributed by atoms with Crippen LogP contribution in [0.3, 0.4) is 0 Å². The summed E-state index contributed by atoms with van der Waals surface area (Å²) < 4.78 is 1.78. The van der Waals surface area contributed by atoms with E-state index in [1.807, 2.05) is 0 Å². The fourth-order valence-electron chi connectivity index (χ4n) is 3.18. The summed E-state index contributed by atoms with van der Waals surface area (Å²) in [5, 5.41) is 22.7. The van der Waals surface area contributed by atoms with Gasteiger partial charge in [0.2, 0.25) is 0 Å². The summed E-state index contributed by atoms with van der Waals surface area (Å²) in [6.07, 6.45) is 3.47. The largest absolute Gasteiger partial charge is 0.476 e. The first-order chi connectivity index (χ1) is 9.18. The monoisotopic (exact) mass is 265 g/mol. The molecule has 0 spiro atoms. The summed E-state index contributed by atoms with van der Waals surface area (Å²) in [4.78, 5) is 15.6. The molecule has 0 saturated carbocycles. The SMILES string of the molecule is O=C(O)c1nc(C2CCNCC2)n2c1CCCC2O. The number of nitrogens with zero attached hydrogens (tertiary/aromatic N) is 2. The minimum atomic E-state index is -0.988. The zero-order valence-electron chi connectivity index (χ0n) is 10.8. The van der Waals surface area contributed by atoms with Crippen molar-refractivity contribution in [1.82, 2.24) is 14.9 Å². The molecular weight excluding hydrogens is 246 g/mol. The number of hydrogen-bond donors (Lipinski definition) is 3. The van der Waals surface area contributed by atoms with Crippen LogP contribution in [-0.4, -0.2) is 38.8 Å². The Morgan fingerprint density at radius 1 is 1.32 bits per heavy atom. The van der Waals surface area contributed by atoms with Gasteiger partial charge >= 0.3 is 5.97 Å². The van der Waals surface area contributed by atoms with Crippen LogP contribution in [0, 0.1) is 0 Å². The highest BCUT2D eigenvalue weighted by Gasteiger charge is 2.32. The maximum absolute atomic E-state index is 11.3. The molecule has 1 unspecified atom stereocenters. The lowest BCUT2D eigenvalue weighted by Gasteiger charge is -2.28. The smallest absolute Gasteiger partial charge is 0.356 e. The van der Waals surface area contributed by atoms with Crippen molar-refractivity contribution in [1.29, 1.82) is 0 Å². The lowest BCUT2D eigenvalue weighted by atomic mass is 9.96. The number of imidazole rings is 1. The first kappa shape index (κ1) is 12.6. The zero-order valence-corrected chi connectivity index (χ0v) is 10.8.